The highest BCUT2D eigenvalue weighted by molar-refractivity contribution is 6.20. The summed E-state index contributed by atoms with van der Waals surface area (Å²) in [6, 6.07) is 38.7. The van der Waals surface area contributed by atoms with Gasteiger partial charge in [-0.05, 0) is 17.5 Å². The summed E-state index contributed by atoms with van der Waals surface area (Å²) in [5, 5.41) is 4.22. The lowest BCUT2D eigenvalue weighted by atomic mass is 9.99. The maximum absolute atomic E-state index is 6.39. The molecule has 0 radical (unpaired) electrons. The van der Waals surface area contributed by atoms with E-state index in [0.29, 0.717) is 17.5 Å². The molecule has 0 N–H and O–H groups in total. The van der Waals surface area contributed by atoms with Gasteiger partial charge in [-0.1, -0.05) is 103 Å². The third kappa shape index (κ3) is 3.27. The van der Waals surface area contributed by atoms with E-state index in [9.17, 15) is 0 Å². The number of aromatic nitrogens is 3. The SMILES string of the molecule is c1ccc(-c2nc(-c3ccccc3)nc(-c3cc4ccccc4c4oc5ccccc5c34)n2)cc1. The molecular formula is C31H19N3O. The number of hydrogen-bond donors (Lipinski definition) is 0. The van der Waals surface area contributed by atoms with Gasteiger partial charge in [0, 0.05) is 32.8 Å². The van der Waals surface area contributed by atoms with Gasteiger partial charge in [-0.15, -0.1) is 0 Å². The third-order valence-electron chi connectivity index (χ3n) is 6.31. The van der Waals surface area contributed by atoms with Crippen LogP contribution in [0, 0.1) is 0 Å². The number of furan rings is 1. The molecule has 0 saturated carbocycles. The second-order valence-electron chi connectivity index (χ2n) is 8.49. The van der Waals surface area contributed by atoms with Crippen LogP contribution in [0.2, 0.25) is 0 Å². The van der Waals surface area contributed by atoms with Crippen LogP contribution in [-0.4, -0.2) is 15.0 Å². The number of fused-ring (bicyclic) bond motifs is 5. The van der Waals surface area contributed by atoms with Crippen LogP contribution >= 0.6 is 0 Å². The molecule has 4 nitrogen and oxygen atoms in total. The van der Waals surface area contributed by atoms with Gasteiger partial charge in [0.15, 0.2) is 17.5 Å². The highest BCUT2D eigenvalue weighted by Gasteiger charge is 2.19. The first-order valence-corrected chi connectivity index (χ1v) is 11.6. The van der Waals surface area contributed by atoms with Crippen LogP contribution in [0.1, 0.15) is 0 Å². The highest BCUT2D eigenvalue weighted by Crippen LogP contribution is 2.40. The van der Waals surface area contributed by atoms with E-state index >= 15 is 0 Å². The van der Waals surface area contributed by atoms with Crippen LogP contribution in [-0.2, 0) is 0 Å². The Balaban J connectivity index is 1.60. The molecule has 164 valence electrons. The Morgan fingerprint density at radius 3 is 1.71 bits per heavy atom. The molecule has 2 aromatic heterocycles. The molecule has 0 aliphatic rings. The van der Waals surface area contributed by atoms with Gasteiger partial charge in [0.2, 0.25) is 0 Å². The van der Waals surface area contributed by atoms with E-state index < -0.39 is 0 Å². The van der Waals surface area contributed by atoms with Crippen LogP contribution in [0.4, 0.5) is 0 Å². The Morgan fingerprint density at radius 2 is 1.03 bits per heavy atom. The van der Waals surface area contributed by atoms with Crippen molar-refractivity contribution in [3.05, 3.63) is 115 Å². The number of benzene rings is 5. The van der Waals surface area contributed by atoms with E-state index in [1.807, 2.05) is 91.0 Å². The van der Waals surface area contributed by atoms with Gasteiger partial charge in [-0.3, -0.25) is 0 Å². The van der Waals surface area contributed by atoms with Crippen LogP contribution in [0.3, 0.4) is 0 Å². The predicted octanol–water partition coefficient (Wildman–Crippen LogP) is 7.93. The predicted molar refractivity (Wildman–Crippen MR) is 141 cm³/mol. The molecule has 2 heterocycles. The van der Waals surface area contributed by atoms with E-state index in [4.69, 9.17) is 19.4 Å². The van der Waals surface area contributed by atoms with Gasteiger partial charge in [0.1, 0.15) is 11.2 Å². The zero-order valence-corrected chi connectivity index (χ0v) is 18.7. The minimum Gasteiger partial charge on any atom is -0.455 e. The first-order chi connectivity index (χ1) is 17.3. The molecule has 0 bridgehead atoms. The Morgan fingerprint density at radius 1 is 0.486 bits per heavy atom. The lowest BCUT2D eigenvalue weighted by molar-refractivity contribution is 0.672. The van der Waals surface area contributed by atoms with E-state index in [-0.39, 0.29) is 0 Å². The second-order valence-corrected chi connectivity index (χ2v) is 8.49. The number of para-hydroxylation sites is 1. The van der Waals surface area contributed by atoms with Crippen molar-refractivity contribution in [1.29, 1.82) is 0 Å². The fourth-order valence-electron chi connectivity index (χ4n) is 4.67. The molecule has 7 aromatic rings. The molecule has 0 amide bonds. The Labute approximate surface area is 201 Å². The quantitative estimate of drug-likeness (QED) is 0.275. The van der Waals surface area contributed by atoms with Crippen molar-refractivity contribution in [2.24, 2.45) is 0 Å². The molecule has 0 atom stereocenters. The van der Waals surface area contributed by atoms with Gasteiger partial charge < -0.3 is 4.42 Å². The molecule has 5 aromatic carbocycles. The molecule has 0 aliphatic heterocycles. The summed E-state index contributed by atoms with van der Waals surface area (Å²) >= 11 is 0. The van der Waals surface area contributed by atoms with Crippen molar-refractivity contribution in [1.82, 2.24) is 15.0 Å². The van der Waals surface area contributed by atoms with E-state index in [0.717, 1.165) is 49.4 Å². The average Bonchev–Trinajstić information content (AvgIpc) is 3.33. The average molecular weight is 450 g/mol. The molecule has 7 rings (SSSR count). The van der Waals surface area contributed by atoms with Crippen LogP contribution in [0.5, 0.6) is 0 Å². The first-order valence-electron chi connectivity index (χ1n) is 11.6. The third-order valence-corrected chi connectivity index (χ3v) is 6.31. The summed E-state index contributed by atoms with van der Waals surface area (Å²) in [5.74, 6) is 1.91. The maximum Gasteiger partial charge on any atom is 0.164 e. The summed E-state index contributed by atoms with van der Waals surface area (Å²) in [6.07, 6.45) is 0. The summed E-state index contributed by atoms with van der Waals surface area (Å²) in [7, 11) is 0. The molecular weight excluding hydrogens is 430 g/mol. The zero-order valence-electron chi connectivity index (χ0n) is 18.7. The van der Waals surface area contributed by atoms with Crippen LogP contribution in [0.25, 0.3) is 66.9 Å². The standard InChI is InChI=1S/C31H19N3O/c1-3-11-20(12-4-1)29-32-30(21-13-5-2-6-14-21)34-31(33-29)25-19-22-15-7-8-16-23(22)28-27(25)24-17-9-10-18-26(24)35-28/h1-19H. The fourth-order valence-corrected chi connectivity index (χ4v) is 4.67. The van der Waals surface area contributed by atoms with E-state index in [1.165, 1.54) is 0 Å². The van der Waals surface area contributed by atoms with Crippen LogP contribution < -0.4 is 0 Å². The van der Waals surface area contributed by atoms with Crippen molar-refractivity contribution >= 4 is 32.7 Å². The fraction of sp³-hybridized carbons (Fsp3) is 0. The molecule has 0 saturated heterocycles. The molecule has 0 aliphatic carbocycles. The number of rotatable bonds is 3. The van der Waals surface area contributed by atoms with Gasteiger partial charge in [0.25, 0.3) is 0 Å². The molecule has 0 fully saturated rings. The molecule has 4 heteroatoms. The monoisotopic (exact) mass is 449 g/mol. The Kier molecular flexibility index (Phi) is 4.42. The van der Waals surface area contributed by atoms with Crippen molar-refractivity contribution in [2.45, 2.75) is 0 Å². The van der Waals surface area contributed by atoms with Crippen molar-refractivity contribution in [2.75, 3.05) is 0 Å². The lowest BCUT2D eigenvalue weighted by Crippen LogP contribution is -2.00. The Bertz CT molecular complexity index is 1780. The van der Waals surface area contributed by atoms with Gasteiger partial charge >= 0.3 is 0 Å². The van der Waals surface area contributed by atoms with Gasteiger partial charge in [-0.25, -0.2) is 15.0 Å². The minimum atomic E-state index is 0.625. The van der Waals surface area contributed by atoms with E-state index in [1.54, 1.807) is 0 Å². The van der Waals surface area contributed by atoms with E-state index in [2.05, 4.69) is 24.3 Å². The summed E-state index contributed by atoms with van der Waals surface area (Å²) in [4.78, 5) is 14.8. The number of nitrogens with zero attached hydrogens (tertiary/aromatic N) is 3. The summed E-state index contributed by atoms with van der Waals surface area (Å²) in [6.45, 7) is 0. The molecule has 35 heavy (non-hydrogen) atoms. The normalized spacial score (nSPS) is 11.4. The lowest BCUT2D eigenvalue weighted by Gasteiger charge is -2.10. The second kappa shape index (κ2) is 7.89. The smallest absolute Gasteiger partial charge is 0.164 e. The highest BCUT2D eigenvalue weighted by atomic mass is 16.3. The maximum atomic E-state index is 6.39. The molecule has 0 unspecified atom stereocenters. The van der Waals surface area contributed by atoms with Crippen LogP contribution in [0.15, 0.2) is 120 Å². The number of hydrogen-bond acceptors (Lipinski definition) is 4. The summed E-state index contributed by atoms with van der Waals surface area (Å²) < 4.78 is 6.39. The largest absolute Gasteiger partial charge is 0.455 e. The zero-order chi connectivity index (χ0) is 23.2. The van der Waals surface area contributed by atoms with Gasteiger partial charge in [0.05, 0.1) is 0 Å². The molecule has 0 spiro atoms. The first kappa shape index (κ1) is 19.6. The Hall–Kier alpha value is -4.83. The van der Waals surface area contributed by atoms with Crippen molar-refractivity contribution < 1.29 is 4.42 Å². The van der Waals surface area contributed by atoms with Gasteiger partial charge in [-0.2, -0.15) is 0 Å². The summed E-state index contributed by atoms with van der Waals surface area (Å²) in [5.41, 5.74) is 4.52. The topological polar surface area (TPSA) is 51.8 Å². The van der Waals surface area contributed by atoms with Crippen molar-refractivity contribution in [3.63, 3.8) is 0 Å². The minimum absolute atomic E-state index is 0.625. The van der Waals surface area contributed by atoms with Crippen molar-refractivity contribution in [3.8, 4) is 34.2 Å².